The van der Waals surface area contributed by atoms with Crippen LogP contribution in [-0.4, -0.2) is 54.3 Å². The first-order valence-electron chi connectivity index (χ1n) is 10.2. The van der Waals surface area contributed by atoms with Crippen LogP contribution in [0.15, 0.2) is 48.5 Å². The largest absolute Gasteiger partial charge is 0.416 e. The molecule has 0 spiro atoms. The van der Waals surface area contributed by atoms with E-state index in [0.29, 0.717) is 24.7 Å². The van der Waals surface area contributed by atoms with Gasteiger partial charge in [0.2, 0.25) is 5.91 Å². The minimum absolute atomic E-state index is 0.00778. The van der Waals surface area contributed by atoms with Gasteiger partial charge in [-0.25, -0.2) is 5.43 Å². The van der Waals surface area contributed by atoms with Crippen LogP contribution in [0.4, 0.5) is 13.2 Å². The number of hydrazine groups is 1. The van der Waals surface area contributed by atoms with Gasteiger partial charge in [-0.3, -0.25) is 15.0 Å². The van der Waals surface area contributed by atoms with Gasteiger partial charge >= 0.3 is 6.18 Å². The second-order valence-corrected chi connectivity index (χ2v) is 8.29. The fourth-order valence-corrected chi connectivity index (χ4v) is 4.21. The van der Waals surface area contributed by atoms with Crippen LogP contribution in [0, 0.1) is 5.92 Å². The van der Waals surface area contributed by atoms with Gasteiger partial charge in [-0.15, -0.1) is 0 Å². The summed E-state index contributed by atoms with van der Waals surface area (Å²) in [7, 11) is 0. The minimum atomic E-state index is -4.51. The summed E-state index contributed by atoms with van der Waals surface area (Å²) in [6.07, 6.45) is -4.51. The lowest BCUT2D eigenvalue weighted by Crippen LogP contribution is -2.52. The Bertz CT molecular complexity index is 991. The standard InChI is InChI=1S/C22H22ClF3N4O2/c23-17-6-4-14(5-7-17)19-18(13-27-28-19)21(32)30-10-8-29(9-11-30)20(31)15-2-1-3-16(12-15)22(24,25)26/h1-7,12,18-19,27-28H,8-11,13H2. The number of alkyl halides is 3. The molecule has 0 bridgehead atoms. The van der Waals surface area contributed by atoms with Gasteiger partial charge in [0.05, 0.1) is 17.5 Å². The quantitative estimate of drug-likeness (QED) is 0.729. The highest BCUT2D eigenvalue weighted by molar-refractivity contribution is 6.30. The van der Waals surface area contributed by atoms with Crippen LogP contribution >= 0.6 is 11.6 Å². The Balaban J connectivity index is 1.38. The maximum atomic E-state index is 13.1. The number of amides is 2. The molecule has 2 N–H and O–H groups in total. The van der Waals surface area contributed by atoms with E-state index in [2.05, 4.69) is 10.9 Å². The molecule has 2 heterocycles. The molecule has 32 heavy (non-hydrogen) atoms. The lowest BCUT2D eigenvalue weighted by molar-refractivity contribution is -0.138. The fourth-order valence-electron chi connectivity index (χ4n) is 4.09. The fraction of sp³-hybridized carbons (Fsp3) is 0.364. The second-order valence-electron chi connectivity index (χ2n) is 7.86. The lowest BCUT2D eigenvalue weighted by Gasteiger charge is -2.36. The Morgan fingerprint density at radius 3 is 2.28 bits per heavy atom. The molecule has 0 saturated carbocycles. The molecule has 2 amide bonds. The topological polar surface area (TPSA) is 64.7 Å². The summed E-state index contributed by atoms with van der Waals surface area (Å²) in [5, 5.41) is 0.615. The summed E-state index contributed by atoms with van der Waals surface area (Å²) < 4.78 is 38.8. The van der Waals surface area contributed by atoms with E-state index >= 15 is 0 Å². The maximum absolute atomic E-state index is 13.1. The third-order valence-corrected chi connectivity index (χ3v) is 6.10. The van der Waals surface area contributed by atoms with Crippen molar-refractivity contribution in [2.45, 2.75) is 12.2 Å². The maximum Gasteiger partial charge on any atom is 0.416 e. The number of nitrogens with zero attached hydrogens (tertiary/aromatic N) is 2. The van der Waals surface area contributed by atoms with Crippen molar-refractivity contribution >= 4 is 23.4 Å². The van der Waals surface area contributed by atoms with Crippen LogP contribution in [0.1, 0.15) is 27.5 Å². The normalized spacial score (nSPS) is 21.6. The molecule has 2 unspecified atom stereocenters. The summed E-state index contributed by atoms with van der Waals surface area (Å²) in [6.45, 7) is 1.65. The third-order valence-electron chi connectivity index (χ3n) is 5.84. The number of halogens is 4. The van der Waals surface area contributed by atoms with E-state index < -0.39 is 17.6 Å². The molecule has 4 rings (SSSR count). The molecular formula is C22H22ClF3N4O2. The van der Waals surface area contributed by atoms with Gasteiger partial charge in [-0.2, -0.15) is 13.2 Å². The molecule has 2 saturated heterocycles. The molecule has 6 nitrogen and oxygen atoms in total. The first-order valence-corrected chi connectivity index (χ1v) is 10.6. The Morgan fingerprint density at radius 1 is 0.969 bits per heavy atom. The highest BCUT2D eigenvalue weighted by atomic mass is 35.5. The minimum Gasteiger partial charge on any atom is -0.339 e. The highest BCUT2D eigenvalue weighted by Gasteiger charge is 2.38. The summed E-state index contributed by atoms with van der Waals surface area (Å²) in [4.78, 5) is 29.0. The summed E-state index contributed by atoms with van der Waals surface area (Å²) in [5.41, 5.74) is 6.24. The molecule has 10 heteroatoms. The average Bonchev–Trinajstić information content (AvgIpc) is 3.28. The van der Waals surface area contributed by atoms with Crippen LogP contribution in [0.2, 0.25) is 5.02 Å². The Kier molecular flexibility index (Phi) is 6.41. The van der Waals surface area contributed by atoms with Crippen LogP contribution in [0.3, 0.4) is 0 Å². The number of benzene rings is 2. The molecule has 2 aliphatic rings. The molecule has 0 aromatic heterocycles. The second kappa shape index (κ2) is 9.09. The van der Waals surface area contributed by atoms with Gasteiger partial charge in [0, 0.05) is 43.3 Å². The summed E-state index contributed by atoms with van der Waals surface area (Å²) in [5.74, 6) is -0.818. The van der Waals surface area contributed by atoms with Crippen molar-refractivity contribution in [3.63, 3.8) is 0 Å². The predicted octanol–water partition coefficient (Wildman–Crippen LogP) is 3.11. The number of nitrogens with one attached hydrogen (secondary N) is 2. The van der Waals surface area contributed by atoms with Gasteiger partial charge in [0.25, 0.3) is 5.91 Å². The molecular weight excluding hydrogens is 445 g/mol. The van der Waals surface area contributed by atoms with Crippen LogP contribution in [0.5, 0.6) is 0 Å². The van der Waals surface area contributed by atoms with E-state index in [1.54, 1.807) is 17.0 Å². The number of hydrogen-bond donors (Lipinski definition) is 2. The van der Waals surface area contributed by atoms with Gasteiger partial charge in [0.1, 0.15) is 0 Å². The van der Waals surface area contributed by atoms with Crippen molar-refractivity contribution in [3.05, 3.63) is 70.2 Å². The van der Waals surface area contributed by atoms with E-state index in [1.807, 2.05) is 12.1 Å². The van der Waals surface area contributed by atoms with Crippen molar-refractivity contribution in [1.29, 1.82) is 0 Å². The SMILES string of the molecule is O=C(c1cccc(C(F)(F)F)c1)N1CCN(C(=O)C2CNNC2c2ccc(Cl)cc2)CC1. The van der Waals surface area contributed by atoms with E-state index in [-0.39, 0.29) is 36.5 Å². The van der Waals surface area contributed by atoms with Crippen molar-refractivity contribution in [3.8, 4) is 0 Å². The van der Waals surface area contributed by atoms with Crippen molar-refractivity contribution in [2.24, 2.45) is 5.92 Å². The van der Waals surface area contributed by atoms with Gasteiger partial charge in [0.15, 0.2) is 0 Å². The van der Waals surface area contributed by atoms with E-state index in [1.165, 1.54) is 17.0 Å². The Hall–Kier alpha value is -2.62. The number of hydrogen-bond acceptors (Lipinski definition) is 4. The zero-order valence-electron chi connectivity index (χ0n) is 17.0. The van der Waals surface area contributed by atoms with Gasteiger partial charge in [-0.1, -0.05) is 29.8 Å². The van der Waals surface area contributed by atoms with Crippen LogP contribution in [-0.2, 0) is 11.0 Å². The van der Waals surface area contributed by atoms with Crippen molar-refractivity contribution in [1.82, 2.24) is 20.7 Å². The van der Waals surface area contributed by atoms with Crippen molar-refractivity contribution < 1.29 is 22.8 Å². The number of carbonyl (C=O) groups excluding carboxylic acids is 2. The molecule has 2 aromatic carbocycles. The van der Waals surface area contributed by atoms with Crippen LogP contribution < -0.4 is 10.9 Å². The van der Waals surface area contributed by atoms with Gasteiger partial charge in [-0.05, 0) is 35.9 Å². The Labute approximate surface area is 188 Å². The highest BCUT2D eigenvalue weighted by Crippen LogP contribution is 2.30. The average molecular weight is 467 g/mol. The number of piperazine rings is 1. The monoisotopic (exact) mass is 466 g/mol. The molecule has 170 valence electrons. The first kappa shape index (κ1) is 22.6. The van der Waals surface area contributed by atoms with Crippen LogP contribution in [0.25, 0.3) is 0 Å². The predicted molar refractivity (Wildman–Crippen MR) is 113 cm³/mol. The number of carbonyl (C=O) groups is 2. The number of rotatable bonds is 3. The molecule has 0 aliphatic carbocycles. The van der Waals surface area contributed by atoms with E-state index in [4.69, 9.17) is 11.6 Å². The van der Waals surface area contributed by atoms with E-state index in [0.717, 1.165) is 17.7 Å². The molecule has 2 aliphatic heterocycles. The first-order chi connectivity index (χ1) is 15.2. The molecule has 2 aromatic rings. The van der Waals surface area contributed by atoms with Crippen molar-refractivity contribution in [2.75, 3.05) is 32.7 Å². The zero-order valence-corrected chi connectivity index (χ0v) is 17.8. The molecule has 2 fully saturated rings. The van der Waals surface area contributed by atoms with E-state index in [9.17, 15) is 22.8 Å². The molecule has 0 radical (unpaired) electrons. The zero-order chi connectivity index (χ0) is 22.9. The Morgan fingerprint density at radius 2 is 1.62 bits per heavy atom. The third kappa shape index (κ3) is 4.74. The lowest BCUT2D eigenvalue weighted by atomic mass is 9.93. The smallest absolute Gasteiger partial charge is 0.339 e. The molecule has 2 atom stereocenters. The van der Waals surface area contributed by atoms with Gasteiger partial charge < -0.3 is 9.80 Å². The summed E-state index contributed by atoms with van der Waals surface area (Å²) in [6, 6.07) is 11.5. The summed E-state index contributed by atoms with van der Waals surface area (Å²) >= 11 is 5.95.